The SMILES string of the molecule is C[N+]1(C)CCC[C@H]1CN=C([O-])c1nc(Cl)c(N)nc1N. The van der Waals surface area contributed by atoms with Crippen molar-refractivity contribution in [3.05, 3.63) is 10.8 Å². The molecule has 8 heteroatoms. The molecular formula is C12H19ClN6O. The number of hydrogen-bond acceptors (Lipinski definition) is 6. The molecule has 0 saturated carbocycles. The number of nitrogen functional groups attached to an aromatic ring is 2. The Morgan fingerprint density at radius 1 is 1.40 bits per heavy atom. The van der Waals surface area contributed by atoms with Crippen molar-refractivity contribution in [1.82, 2.24) is 9.97 Å². The van der Waals surface area contributed by atoms with Crippen molar-refractivity contribution >= 4 is 29.1 Å². The van der Waals surface area contributed by atoms with E-state index < -0.39 is 5.90 Å². The molecule has 2 rings (SSSR count). The largest absolute Gasteiger partial charge is 0.857 e. The molecule has 0 radical (unpaired) electrons. The van der Waals surface area contributed by atoms with Crippen molar-refractivity contribution in [3.63, 3.8) is 0 Å². The summed E-state index contributed by atoms with van der Waals surface area (Å²) in [5.74, 6) is -0.529. The van der Waals surface area contributed by atoms with Crippen LogP contribution in [0.4, 0.5) is 11.6 Å². The Kier molecular flexibility index (Phi) is 4.01. The predicted molar refractivity (Wildman–Crippen MR) is 77.3 cm³/mol. The average molecular weight is 299 g/mol. The van der Waals surface area contributed by atoms with Gasteiger partial charge in [-0.3, -0.25) is 4.99 Å². The first-order chi connectivity index (χ1) is 9.31. The highest BCUT2D eigenvalue weighted by Crippen LogP contribution is 2.22. The van der Waals surface area contributed by atoms with Crippen molar-refractivity contribution in [2.45, 2.75) is 18.9 Å². The van der Waals surface area contributed by atoms with E-state index in [4.69, 9.17) is 23.1 Å². The maximum absolute atomic E-state index is 12.0. The molecule has 0 aromatic carbocycles. The second-order valence-electron chi connectivity index (χ2n) is 5.58. The Balaban J connectivity index is 2.17. The summed E-state index contributed by atoms with van der Waals surface area (Å²) in [5, 5.41) is 12.0. The second-order valence-corrected chi connectivity index (χ2v) is 5.94. The van der Waals surface area contributed by atoms with Gasteiger partial charge >= 0.3 is 0 Å². The van der Waals surface area contributed by atoms with Crippen molar-refractivity contribution < 1.29 is 9.59 Å². The van der Waals surface area contributed by atoms with E-state index in [0.717, 1.165) is 23.9 Å². The van der Waals surface area contributed by atoms with Crippen molar-refractivity contribution in [2.24, 2.45) is 4.99 Å². The van der Waals surface area contributed by atoms with Gasteiger partial charge < -0.3 is 21.1 Å². The molecule has 1 saturated heterocycles. The summed E-state index contributed by atoms with van der Waals surface area (Å²) in [6, 6.07) is 0.345. The summed E-state index contributed by atoms with van der Waals surface area (Å²) < 4.78 is 0.875. The number of aliphatic imine (C=N–C) groups is 1. The Hall–Kier alpha value is -1.60. The van der Waals surface area contributed by atoms with Crippen LogP contribution in [0.5, 0.6) is 0 Å². The van der Waals surface area contributed by atoms with Crippen LogP contribution in [0.1, 0.15) is 18.5 Å². The number of halogens is 1. The second kappa shape index (κ2) is 5.41. The number of likely N-dealkylation sites (N-methyl/N-ethyl adjacent to an activating group) is 1. The summed E-state index contributed by atoms with van der Waals surface area (Å²) in [6.07, 6.45) is 2.21. The lowest BCUT2D eigenvalue weighted by Gasteiger charge is -2.31. The van der Waals surface area contributed by atoms with Gasteiger partial charge in [0.05, 0.1) is 27.2 Å². The van der Waals surface area contributed by atoms with Crippen LogP contribution in [0.3, 0.4) is 0 Å². The fourth-order valence-corrected chi connectivity index (χ4v) is 2.57. The summed E-state index contributed by atoms with van der Waals surface area (Å²) in [6.45, 7) is 1.55. The Labute approximate surface area is 122 Å². The van der Waals surface area contributed by atoms with E-state index in [1.165, 1.54) is 0 Å². The van der Waals surface area contributed by atoms with Gasteiger partial charge in [-0.15, -0.1) is 0 Å². The number of nitrogens with two attached hydrogens (primary N) is 2. The molecular weight excluding hydrogens is 280 g/mol. The number of quaternary nitrogens is 1. The Bertz CT molecular complexity index is 545. The minimum atomic E-state index is -0.496. The van der Waals surface area contributed by atoms with Crippen LogP contribution in [-0.4, -0.2) is 53.6 Å². The van der Waals surface area contributed by atoms with Crippen LogP contribution >= 0.6 is 11.6 Å². The van der Waals surface area contributed by atoms with Gasteiger partial charge in [-0.05, 0) is 0 Å². The fraction of sp³-hybridized carbons (Fsp3) is 0.583. The minimum absolute atomic E-state index is 0.00862. The topological polar surface area (TPSA) is 113 Å². The van der Waals surface area contributed by atoms with Crippen LogP contribution in [-0.2, 0) is 0 Å². The highest BCUT2D eigenvalue weighted by atomic mass is 35.5. The van der Waals surface area contributed by atoms with Crippen LogP contribution in [0.15, 0.2) is 4.99 Å². The third kappa shape index (κ3) is 2.94. The molecule has 1 aliphatic heterocycles. The van der Waals surface area contributed by atoms with Gasteiger partial charge in [-0.25, -0.2) is 9.97 Å². The first-order valence-corrected chi connectivity index (χ1v) is 6.82. The Morgan fingerprint density at radius 3 is 2.70 bits per heavy atom. The fourth-order valence-electron chi connectivity index (χ4n) is 2.44. The molecule has 1 aliphatic rings. The third-order valence-corrected chi connectivity index (χ3v) is 4.09. The number of nitrogens with zero attached hydrogens (tertiary/aromatic N) is 4. The molecule has 0 spiro atoms. The number of rotatable bonds is 3. The molecule has 1 aromatic heterocycles. The highest BCUT2D eigenvalue weighted by Gasteiger charge is 2.33. The van der Waals surface area contributed by atoms with Gasteiger partial charge in [0.15, 0.2) is 16.8 Å². The zero-order chi connectivity index (χ0) is 14.9. The normalized spacial score (nSPS) is 22.1. The van der Waals surface area contributed by atoms with Crippen molar-refractivity contribution in [1.29, 1.82) is 0 Å². The standard InChI is InChI=1S/C12H19ClN6O/c1-19(2)5-3-4-7(19)6-16-12(20)8-10(14)18-11(15)9(13)17-8/h7H,3-6H2,1-2H3,(H4-,14,15,16,18,20)/t7-/m0/s1. The Morgan fingerprint density at radius 2 is 2.10 bits per heavy atom. The summed E-state index contributed by atoms with van der Waals surface area (Å²) in [7, 11) is 4.29. The molecule has 4 N–H and O–H groups in total. The predicted octanol–water partition coefficient (Wildman–Crippen LogP) is -0.360. The number of likely N-dealkylation sites (tertiary alicyclic amines) is 1. The lowest BCUT2D eigenvalue weighted by atomic mass is 10.2. The number of aromatic nitrogens is 2. The van der Waals surface area contributed by atoms with Gasteiger partial charge in [-0.1, -0.05) is 11.6 Å². The van der Waals surface area contributed by atoms with Gasteiger partial charge in [0.25, 0.3) is 0 Å². The maximum atomic E-state index is 12.0. The van der Waals surface area contributed by atoms with E-state index >= 15 is 0 Å². The molecule has 1 atom stereocenters. The van der Waals surface area contributed by atoms with E-state index in [1.54, 1.807) is 0 Å². The third-order valence-electron chi connectivity index (χ3n) is 3.81. The van der Waals surface area contributed by atoms with Crippen LogP contribution in [0.2, 0.25) is 5.15 Å². The summed E-state index contributed by atoms with van der Waals surface area (Å²) in [5.41, 5.74) is 11.1. The average Bonchev–Trinajstić information content (AvgIpc) is 2.70. The van der Waals surface area contributed by atoms with Crippen LogP contribution < -0.4 is 16.6 Å². The van der Waals surface area contributed by atoms with Gasteiger partial charge in [-0.2, -0.15) is 0 Å². The number of anilines is 2. The molecule has 7 nitrogen and oxygen atoms in total. The molecule has 1 fully saturated rings. The van der Waals surface area contributed by atoms with E-state index in [2.05, 4.69) is 29.1 Å². The molecule has 0 amide bonds. The van der Waals surface area contributed by atoms with E-state index in [-0.39, 0.29) is 22.5 Å². The summed E-state index contributed by atoms with van der Waals surface area (Å²) in [4.78, 5) is 11.7. The lowest BCUT2D eigenvalue weighted by molar-refractivity contribution is -0.900. The quantitative estimate of drug-likeness (QED) is 0.449. The first-order valence-electron chi connectivity index (χ1n) is 6.44. The molecule has 0 aliphatic carbocycles. The zero-order valence-electron chi connectivity index (χ0n) is 11.6. The minimum Gasteiger partial charge on any atom is -0.857 e. The van der Waals surface area contributed by atoms with E-state index in [9.17, 15) is 5.11 Å². The van der Waals surface area contributed by atoms with Gasteiger partial charge in [0.2, 0.25) is 0 Å². The van der Waals surface area contributed by atoms with Gasteiger partial charge in [0, 0.05) is 18.7 Å². The smallest absolute Gasteiger partial charge is 0.172 e. The molecule has 1 aromatic rings. The molecule has 110 valence electrons. The van der Waals surface area contributed by atoms with E-state index in [1.807, 2.05) is 0 Å². The molecule has 0 bridgehead atoms. The molecule has 2 heterocycles. The van der Waals surface area contributed by atoms with Crippen LogP contribution in [0.25, 0.3) is 0 Å². The van der Waals surface area contributed by atoms with E-state index in [0.29, 0.717) is 12.6 Å². The number of hydrogen-bond donors (Lipinski definition) is 2. The van der Waals surface area contributed by atoms with Crippen molar-refractivity contribution in [2.75, 3.05) is 38.7 Å². The monoisotopic (exact) mass is 298 g/mol. The maximum Gasteiger partial charge on any atom is 0.172 e. The molecule has 20 heavy (non-hydrogen) atoms. The van der Waals surface area contributed by atoms with Crippen LogP contribution in [0, 0.1) is 0 Å². The lowest BCUT2D eigenvalue weighted by Crippen LogP contribution is -2.45. The van der Waals surface area contributed by atoms with Crippen molar-refractivity contribution in [3.8, 4) is 0 Å². The first kappa shape index (κ1) is 14.8. The zero-order valence-corrected chi connectivity index (χ0v) is 12.4. The molecule has 0 unspecified atom stereocenters. The summed E-state index contributed by atoms with van der Waals surface area (Å²) >= 11 is 5.75. The van der Waals surface area contributed by atoms with Gasteiger partial charge in [0.1, 0.15) is 11.7 Å². The highest BCUT2D eigenvalue weighted by molar-refractivity contribution is 6.31.